The van der Waals surface area contributed by atoms with Gasteiger partial charge in [0.25, 0.3) is 0 Å². The molecule has 1 atom stereocenters. The Balaban J connectivity index is 2.86. The van der Waals surface area contributed by atoms with Gasteiger partial charge in [-0.05, 0) is 25.0 Å². The zero-order valence-corrected chi connectivity index (χ0v) is 10.7. The van der Waals surface area contributed by atoms with Crippen LogP contribution in [0.3, 0.4) is 0 Å². The Labute approximate surface area is 102 Å². The number of nitrogens with one attached hydrogen (secondary N) is 1. The summed E-state index contributed by atoms with van der Waals surface area (Å²) in [6.07, 6.45) is 0.708. The van der Waals surface area contributed by atoms with Gasteiger partial charge in [0.1, 0.15) is 0 Å². The zero-order chi connectivity index (χ0) is 12.8. The minimum atomic E-state index is -0.0284. The lowest BCUT2D eigenvalue weighted by atomic mass is 10.1. The Hall–Kier alpha value is -1.71. The average Bonchev–Trinajstić information content (AvgIpc) is 2.27. The van der Waals surface area contributed by atoms with Crippen molar-refractivity contribution in [1.82, 2.24) is 5.32 Å². The molecule has 0 radical (unpaired) electrons. The van der Waals surface area contributed by atoms with Gasteiger partial charge in [0.2, 0.25) is 5.91 Å². The van der Waals surface area contributed by atoms with Crippen molar-refractivity contribution in [2.45, 2.75) is 26.3 Å². The van der Waals surface area contributed by atoms with Crippen LogP contribution in [0.25, 0.3) is 0 Å². The molecule has 1 aromatic rings. The van der Waals surface area contributed by atoms with E-state index < -0.39 is 0 Å². The van der Waals surface area contributed by atoms with Crippen LogP contribution in [0.5, 0.6) is 11.5 Å². The van der Waals surface area contributed by atoms with Crippen LogP contribution in [-0.4, -0.2) is 26.2 Å². The summed E-state index contributed by atoms with van der Waals surface area (Å²) in [6, 6.07) is 5.80. The lowest BCUT2D eigenvalue weighted by molar-refractivity contribution is -0.119. The lowest BCUT2D eigenvalue weighted by Crippen LogP contribution is -2.32. The van der Waals surface area contributed by atoms with E-state index in [9.17, 15) is 4.79 Å². The van der Waals surface area contributed by atoms with Gasteiger partial charge in [-0.25, -0.2) is 0 Å². The molecule has 0 spiro atoms. The second kappa shape index (κ2) is 6.13. The molecule has 0 bridgehead atoms. The summed E-state index contributed by atoms with van der Waals surface area (Å²) in [5, 5.41) is 2.84. The maximum Gasteiger partial charge on any atom is 0.217 e. The van der Waals surface area contributed by atoms with Gasteiger partial charge in [0, 0.05) is 13.0 Å². The van der Waals surface area contributed by atoms with Crippen LogP contribution in [0.15, 0.2) is 18.2 Å². The molecule has 0 aliphatic heterocycles. The number of ether oxygens (including phenoxy) is 2. The first kappa shape index (κ1) is 13.4. The van der Waals surface area contributed by atoms with Crippen molar-refractivity contribution >= 4 is 5.91 Å². The zero-order valence-electron chi connectivity index (χ0n) is 10.7. The molecule has 0 saturated carbocycles. The number of carbonyl (C=O) groups excluding carboxylic acids is 1. The van der Waals surface area contributed by atoms with Crippen molar-refractivity contribution in [2.24, 2.45) is 0 Å². The molecule has 0 fully saturated rings. The Morgan fingerprint density at radius 3 is 2.59 bits per heavy atom. The second-order valence-corrected chi connectivity index (χ2v) is 3.96. The van der Waals surface area contributed by atoms with E-state index in [0.29, 0.717) is 12.2 Å². The fourth-order valence-corrected chi connectivity index (χ4v) is 1.84. The van der Waals surface area contributed by atoms with Crippen LogP contribution in [-0.2, 0) is 11.2 Å². The number of rotatable bonds is 5. The predicted molar refractivity (Wildman–Crippen MR) is 66.5 cm³/mol. The molecular formula is C13H19NO3. The first-order valence-corrected chi connectivity index (χ1v) is 5.55. The molecule has 1 N–H and O–H groups in total. The fraction of sp³-hybridized carbons (Fsp3) is 0.462. The molecule has 1 aromatic carbocycles. The Morgan fingerprint density at radius 1 is 1.35 bits per heavy atom. The molecule has 4 nitrogen and oxygen atoms in total. The number of hydrogen-bond acceptors (Lipinski definition) is 3. The highest BCUT2D eigenvalue weighted by Crippen LogP contribution is 2.31. The normalized spacial score (nSPS) is 11.8. The summed E-state index contributed by atoms with van der Waals surface area (Å²) in [5.74, 6) is 1.41. The topological polar surface area (TPSA) is 47.6 Å². The number of para-hydroxylation sites is 1. The molecule has 0 heterocycles. The van der Waals surface area contributed by atoms with Gasteiger partial charge in [-0.3, -0.25) is 4.79 Å². The summed E-state index contributed by atoms with van der Waals surface area (Å²) >= 11 is 0. The molecule has 1 rings (SSSR count). The van der Waals surface area contributed by atoms with Crippen molar-refractivity contribution in [1.29, 1.82) is 0 Å². The van der Waals surface area contributed by atoms with E-state index in [1.54, 1.807) is 14.2 Å². The van der Waals surface area contributed by atoms with Crippen molar-refractivity contribution in [3.63, 3.8) is 0 Å². The highest BCUT2D eigenvalue weighted by atomic mass is 16.5. The van der Waals surface area contributed by atoms with Crippen LogP contribution >= 0.6 is 0 Å². The van der Waals surface area contributed by atoms with Crippen LogP contribution in [0.2, 0.25) is 0 Å². The average molecular weight is 237 g/mol. The molecule has 0 aliphatic carbocycles. The van der Waals surface area contributed by atoms with Crippen LogP contribution in [0.1, 0.15) is 19.4 Å². The van der Waals surface area contributed by atoms with Crippen molar-refractivity contribution in [2.75, 3.05) is 14.2 Å². The summed E-state index contributed by atoms with van der Waals surface area (Å²) in [4.78, 5) is 11.0. The highest BCUT2D eigenvalue weighted by molar-refractivity contribution is 5.73. The van der Waals surface area contributed by atoms with E-state index in [1.165, 1.54) is 6.92 Å². The second-order valence-electron chi connectivity index (χ2n) is 3.96. The number of carbonyl (C=O) groups is 1. The van der Waals surface area contributed by atoms with Gasteiger partial charge in [0.05, 0.1) is 14.2 Å². The van der Waals surface area contributed by atoms with Gasteiger partial charge in [-0.2, -0.15) is 0 Å². The fourth-order valence-electron chi connectivity index (χ4n) is 1.84. The monoisotopic (exact) mass is 237 g/mol. The van der Waals surface area contributed by atoms with E-state index in [4.69, 9.17) is 9.47 Å². The largest absolute Gasteiger partial charge is 0.493 e. The van der Waals surface area contributed by atoms with E-state index >= 15 is 0 Å². The van der Waals surface area contributed by atoms with Crippen molar-refractivity contribution < 1.29 is 14.3 Å². The minimum Gasteiger partial charge on any atom is -0.493 e. The van der Waals surface area contributed by atoms with Crippen LogP contribution < -0.4 is 14.8 Å². The first-order chi connectivity index (χ1) is 8.08. The third kappa shape index (κ3) is 3.66. The van der Waals surface area contributed by atoms with Gasteiger partial charge in [-0.1, -0.05) is 12.1 Å². The molecule has 17 heavy (non-hydrogen) atoms. The summed E-state index contributed by atoms with van der Waals surface area (Å²) in [6.45, 7) is 3.47. The standard InChI is InChI=1S/C13H19NO3/c1-9(14-10(2)15)8-11-6-5-7-12(16-3)13(11)17-4/h5-7,9H,8H2,1-4H3,(H,14,15)/t9-/m1/s1. The Morgan fingerprint density at radius 2 is 2.06 bits per heavy atom. The summed E-state index contributed by atoms with van der Waals surface area (Å²) in [7, 11) is 3.23. The predicted octanol–water partition coefficient (Wildman–Crippen LogP) is 1.77. The number of benzene rings is 1. The molecule has 0 aliphatic rings. The van der Waals surface area contributed by atoms with Gasteiger partial charge >= 0.3 is 0 Å². The number of methoxy groups -OCH3 is 2. The van der Waals surface area contributed by atoms with Crippen molar-refractivity contribution in [3.05, 3.63) is 23.8 Å². The summed E-state index contributed by atoms with van der Waals surface area (Å²) < 4.78 is 10.6. The molecule has 4 heteroatoms. The van der Waals surface area contributed by atoms with Gasteiger partial charge in [-0.15, -0.1) is 0 Å². The van der Waals surface area contributed by atoms with Gasteiger partial charge < -0.3 is 14.8 Å². The number of hydrogen-bond donors (Lipinski definition) is 1. The molecule has 94 valence electrons. The maximum atomic E-state index is 11.0. The van der Waals surface area contributed by atoms with Crippen LogP contribution in [0, 0.1) is 0 Å². The van der Waals surface area contributed by atoms with E-state index in [0.717, 1.165) is 11.3 Å². The molecule has 1 amide bonds. The molecule has 0 unspecified atom stereocenters. The number of amides is 1. The van der Waals surface area contributed by atoms with E-state index in [1.807, 2.05) is 25.1 Å². The minimum absolute atomic E-state index is 0.0284. The third-order valence-electron chi connectivity index (χ3n) is 2.46. The highest BCUT2D eigenvalue weighted by Gasteiger charge is 2.12. The quantitative estimate of drug-likeness (QED) is 0.849. The summed E-state index contributed by atoms with van der Waals surface area (Å²) in [5.41, 5.74) is 1.02. The van der Waals surface area contributed by atoms with E-state index in [-0.39, 0.29) is 11.9 Å². The maximum absolute atomic E-state index is 11.0. The molecule has 0 aromatic heterocycles. The first-order valence-electron chi connectivity index (χ1n) is 5.55. The SMILES string of the molecule is COc1cccc(C[C@@H](C)NC(C)=O)c1OC. The Kier molecular flexibility index (Phi) is 4.82. The smallest absolute Gasteiger partial charge is 0.217 e. The molecule has 0 saturated heterocycles. The van der Waals surface area contributed by atoms with E-state index in [2.05, 4.69) is 5.32 Å². The molecular weight excluding hydrogens is 218 g/mol. The van der Waals surface area contributed by atoms with Crippen molar-refractivity contribution in [3.8, 4) is 11.5 Å². The van der Waals surface area contributed by atoms with Crippen LogP contribution in [0.4, 0.5) is 0 Å². The Bertz CT molecular complexity index is 390. The van der Waals surface area contributed by atoms with Gasteiger partial charge in [0.15, 0.2) is 11.5 Å². The lowest BCUT2D eigenvalue weighted by Gasteiger charge is -2.16. The third-order valence-corrected chi connectivity index (χ3v) is 2.46.